The molecule has 156 valence electrons. The summed E-state index contributed by atoms with van der Waals surface area (Å²) in [5.41, 5.74) is 12.9. The van der Waals surface area contributed by atoms with E-state index in [0.717, 1.165) is 43.5 Å². The molecule has 0 spiro atoms. The van der Waals surface area contributed by atoms with Crippen LogP contribution in [0.15, 0.2) is 29.4 Å². The number of hydrogen-bond acceptors (Lipinski definition) is 4. The number of nitrogens with two attached hydrogens (primary N) is 2. The summed E-state index contributed by atoms with van der Waals surface area (Å²) in [7, 11) is 2.49. The van der Waals surface area contributed by atoms with Gasteiger partial charge in [-0.15, -0.1) is 0 Å². The van der Waals surface area contributed by atoms with E-state index in [1.807, 2.05) is 25.1 Å². The second-order valence-corrected chi connectivity index (χ2v) is 8.78. The Balaban J connectivity index is 0.000000170. The van der Waals surface area contributed by atoms with Crippen LogP contribution < -0.4 is 16.2 Å². The smallest absolute Gasteiger partial charge is 0.316 e. The monoisotopic (exact) mass is 415 g/mol. The van der Waals surface area contributed by atoms with Gasteiger partial charge < -0.3 is 16.0 Å². The van der Waals surface area contributed by atoms with Crippen LogP contribution in [0, 0.1) is 0 Å². The summed E-state index contributed by atoms with van der Waals surface area (Å²) in [6, 6.07) is 5.48. The van der Waals surface area contributed by atoms with Gasteiger partial charge in [-0.05, 0) is 86.5 Å². The van der Waals surface area contributed by atoms with E-state index in [4.69, 9.17) is 10.9 Å². The Bertz CT molecular complexity index is 880. The zero-order valence-electron chi connectivity index (χ0n) is 17.0. The largest absolute Gasteiger partial charge is 0.351 e. The Hall–Kier alpha value is -2.29. The van der Waals surface area contributed by atoms with Gasteiger partial charge in [0.15, 0.2) is 0 Å². The third-order valence-electron chi connectivity index (χ3n) is 5.22. The Labute approximate surface area is 174 Å². The van der Waals surface area contributed by atoms with E-state index in [1.54, 1.807) is 12.3 Å². The molecule has 29 heavy (non-hydrogen) atoms. The SMILES string of the molecule is CN(C)Cc1ccc(S(N)=O)nc1.NC(=O)Nc1c2c(cc3c1CCC3)CCC2. The molecule has 0 saturated heterocycles. The number of urea groups is 1. The molecule has 4 rings (SSSR count). The molecule has 0 aliphatic heterocycles. The third kappa shape index (κ3) is 5.41. The number of benzene rings is 1. The van der Waals surface area contributed by atoms with E-state index in [2.05, 4.69) is 16.4 Å². The second-order valence-electron chi connectivity index (χ2n) is 7.76. The van der Waals surface area contributed by atoms with Gasteiger partial charge >= 0.3 is 6.03 Å². The van der Waals surface area contributed by atoms with Crippen molar-refractivity contribution in [3.63, 3.8) is 0 Å². The highest BCUT2D eigenvalue weighted by Gasteiger charge is 2.24. The maximum absolute atomic E-state index is 11.1. The van der Waals surface area contributed by atoms with E-state index in [1.165, 1.54) is 35.1 Å². The maximum Gasteiger partial charge on any atom is 0.316 e. The summed E-state index contributed by atoms with van der Waals surface area (Å²) in [5, 5.41) is 8.43. The first kappa shape index (κ1) is 21.4. The summed E-state index contributed by atoms with van der Waals surface area (Å²) < 4.78 is 10.8. The number of nitrogens with one attached hydrogen (secondary N) is 1. The number of nitrogens with zero attached hydrogens (tertiary/aromatic N) is 2. The van der Waals surface area contributed by atoms with Crippen LogP contribution in [-0.2, 0) is 43.2 Å². The van der Waals surface area contributed by atoms with Crippen molar-refractivity contribution >= 4 is 22.7 Å². The van der Waals surface area contributed by atoms with Crippen LogP contribution in [0.25, 0.3) is 0 Å². The number of primary amides is 1. The van der Waals surface area contributed by atoms with Crippen LogP contribution in [0.5, 0.6) is 0 Å². The summed E-state index contributed by atoms with van der Waals surface area (Å²) >= 11 is 0. The average molecular weight is 416 g/mol. The molecule has 2 aliphatic carbocycles. The van der Waals surface area contributed by atoms with Crippen molar-refractivity contribution in [3.8, 4) is 0 Å². The van der Waals surface area contributed by atoms with Crippen molar-refractivity contribution < 1.29 is 9.00 Å². The molecule has 7 nitrogen and oxygen atoms in total. The lowest BCUT2D eigenvalue weighted by Crippen LogP contribution is -2.21. The first-order valence-electron chi connectivity index (χ1n) is 9.84. The number of pyridine rings is 1. The highest BCUT2D eigenvalue weighted by Crippen LogP contribution is 2.38. The van der Waals surface area contributed by atoms with E-state index in [9.17, 15) is 9.00 Å². The van der Waals surface area contributed by atoms with Gasteiger partial charge in [-0.3, -0.25) is 0 Å². The molecule has 2 amide bonds. The first-order chi connectivity index (χ1) is 13.8. The standard InChI is InChI=1S/C13H16N2O.C8H13N3OS/c14-13(16)15-12-10-5-1-3-8(10)7-9-4-2-6-11(9)12;1-11(2)6-7-3-4-8(10-5-7)13(9)12/h7H,1-6H2,(H3,14,15,16);3-5H,6,9H2,1-2H3. The zero-order valence-corrected chi connectivity index (χ0v) is 17.8. The molecule has 2 aromatic rings. The quantitative estimate of drug-likeness (QED) is 0.711. The molecule has 0 saturated carbocycles. The molecule has 2 aliphatic rings. The molecule has 1 atom stereocenters. The zero-order chi connectivity index (χ0) is 21.0. The lowest BCUT2D eigenvalue weighted by atomic mass is 9.99. The van der Waals surface area contributed by atoms with Crippen molar-refractivity contribution in [1.82, 2.24) is 9.88 Å². The first-order valence-corrected chi connectivity index (χ1v) is 11.0. The number of hydrogen-bond donors (Lipinski definition) is 3. The number of fused-ring (bicyclic) bond motifs is 2. The van der Waals surface area contributed by atoms with Crippen LogP contribution in [-0.4, -0.2) is 34.2 Å². The number of aromatic nitrogens is 1. The molecule has 5 N–H and O–H groups in total. The normalized spacial score (nSPS) is 15.3. The predicted octanol–water partition coefficient (Wildman–Crippen LogP) is 2.28. The second kappa shape index (κ2) is 9.47. The van der Waals surface area contributed by atoms with Gasteiger partial charge in [0.25, 0.3) is 0 Å². The van der Waals surface area contributed by atoms with Crippen molar-refractivity contribution in [2.24, 2.45) is 10.9 Å². The molecule has 0 bridgehead atoms. The summed E-state index contributed by atoms with van der Waals surface area (Å²) in [6.07, 6.45) is 8.56. The van der Waals surface area contributed by atoms with Crippen LogP contribution in [0.3, 0.4) is 0 Å². The number of anilines is 1. The van der Waals surface area contributed by atoms with E-state index in [-0.39, 0.29) is 0 Å². The highest BCUT2D eigenvalue weighted by molar-refractivity contribution is 7.82. The van der Waals surface area contributed by atoms with E-state index >= 15 is 0 Å². The van der Waals surface area contributed by atoms with Crippen molar-refractivity contribution in [1.29, 1.82) is 0 Å². The van der Waals surface area contributed by atoms with Gasteiger partial charge in [0.05, 0.1) is 0 Å². The van der Waals surface area contributed by atoms with Crippen LogP contribution >= 0.6 is 0 Å². The van der Waals surface area contributed by atoms with Crippen molar-refractivity contribution in [3.05, 3.63) is 52.2 Å². The number of aryl methyl sites for hydroxylation is 2. The van der Waals surface area contributed by atoms with Gasteiger partial charge in [0, 0.05) is 18.4 Å². The fraction of sp³-hybridized carbons (Fsp3) is 0.429. The summed E-state index contributed by atoms with van der Waals surface area (Å²) in [5.74, 6) is 0. The Morgan fingerprint density at radius 2 is 1.76 bits per heavy atom. The van der Waals surface area contributed by atoms with Gasteiger partial charge in [-0.1, -0.05) is 12.1 Å². The lowest BCUT2D eigenvalue weighted by molar-refractivity contribution is 0.259. The van der Waals surface area contributed by atoms with E-state index < -0.39 is 17.0 Å². The minimum Gasteiger partial charge on any atom is -0.351 e. The molecule has 8 heteroatoms. The average Bonchev–Trinajstić information content (AvgIpc) is 3.31. The van der Waals surface area contributed by atoms with Gasteiger partial charge in [0.1, 0.15) is 16.0 Å². The van der Waals surface area contributed by atoms with Gasteiger partial charge in [0.2, 0.25) is 0 Å². The predicted molar refractivity (Wildman–Crippen MR) is 116 cm³/mol. The number of rotatable bonds is 4. The fourth-order valence-electron chi connectivity index (χ4n) is 4.08. The van der Waals surface area contributed by atoms with Crippen molar-refractivity contribution in [2.75, 3.05) is 19.4 Å². The topological polar surface area (TPSA) is 114 Å². The summed E-state index contributed by atoms with van der Waals surface area (Å²) in [6.45, 7) is 0.824. The van der Waals surface area contributed by atoms with E-state index in [0.29, 0.717) is 5.03 Å². The summed E-state index contributed by atoms with van der Waals surface area (Å²) in [4.78, 5) is 17.1. The van der Waals surface area contributed by atoms with Crippen LogP contribution in [0.2, 0.25) is 0 Å². The molecule has 1 aromatic heterocycles. The minimum atomic E-state index is -1.47. The number of carbonyl (C=O) groups is 1. The third-order valence-corrected chi connectivity index (χ3v) is 5.88. The molecular weight excluding hydrogens is 386 g/mol. The Kier molecular flexibility index (Phi) is 7.00. The number of amides is 2. The van der Waals surface area contributed by atoms with Crippen LogP contribution in [0.4, 0.5) is 10.5 Å². The molecule has 1 aromatic carbocycles. The Morgan fingerprint density at radius 1 is 1.14 bits per heavy atom. The van der Waals surface area contributed by atoms with Gasteiger partial charge in [-0.2, -0.15) is 0 Å². The molecule has 1 heterocycles. The highest BCUT2D eigenvalue weighted by atomic mass is 32.2. The van der Waals surface area contributed by atoms with Gasteiger partial charge in [-0.25, -0.2) is 19.1 Å². The number of carbonyl (C=O) groups excluding carboxylic acids is 1. The fourth-order valence-corrected chi connectivity index (χ4v) is 4.44. The Morgan fingerprint density at radius 3 is 2.21 bits per heavy atom. The van der Waals surface area contributed by atoms with Crippen LogP contribution in [0.1, 0.15) is 40.7 Å². The minimum absolute atomic E-state index is 0.419. The molecular formula is C21H29N5O2S. The lowest BCUT2D eigenvalue weighted by Gasteiger charge is -2.14. The maximum atomic E-state index is 11.1. The molecule has 1 unspecified atom stereocenters. The molecule has 0 radical (unpaired) electrons. The van der Waals surface area contributed by atoms with Crippen molar-refractivity contribution in [2.45, 2.75) is 50.1 Å². The molecule has 0 fully saturated rings.